The summed E-state index contributed by atoms with van der Waals surface area (Å²) in [7, 11) is 0. The lowest BCUT2D eigenvalue weighted by Crippen LogP contribution is -2.30. The Bertz CT molecular complexity index is 1030. The summed E-state index contributed by atoms with van der Waals surface area (Å²) in [5, 5.41) is 4.07. The van der Waals surface area contributed by atoms with E-state index in [2.05, 4.69) is 39.7 Å². The minimum Gasteiger partial charge on any atom is -0.294 e. The Kier molecular flexibility index (Phi) is 6.62. The largest absolute Gasteiger partial charge is 0.294 e. The molecule has 1 aliphatic heterocycles. The maximum atomic E-state index is 12.3. The fourth-order valence-electron chi connectivity index (χ4n) is 3.63. The van der Waals surface area contributed by atoms with Gasteiger partial charge in [0.05, 0.1) is 6.21 Å². The van der Waals surface area contributed by atoms with Crippen LogP contribution in [0.15, 0.2) is 82.8 Å². The van der Waals surface area contributed by atoms with E-state index in [-0.39, 0.29) is 5.91 Å². The van der Waals surface area contributed by atoms with Crippen LogP contribution in [0.5, 0.6) is 0 Å². The molecule has 4 rings (SSSR count). The minimum absolute atomic E-state index is 0.203. The van der Waals surface area contributed by atoms with Crippen molar-refractivity contribution in [1.29, 1.82) is 0 Å². The summed E-state index contributed by atoms with van der Waals surface area (Å²) < 4.78 is 0. The Hall–Kier alpha value is -2.89. The number of thioether (sulfide) groups is 1. The molecule has 0 aromatic heterocycles. The molecule has 1 heterocycles. The van der Waals surface area contributed by atoms with Gasteiger partial charge in [0.25, 0.3) is 5.91 Å². The molecule has 0 saturated carbocycles. The standard InChI is InChI=1S/C25H25N3OS/c1-30-24-12-8-19(9-13-24)16-26-27-25(29)22-10-6-20(7-11-22)17-28-15-14-21-4-2-3-5-23(21)18-28/h2-13,16H,14-15,17-18H2,1H3,(H,27,29)/b26-16+. The molecule has 3 aromatic rings. The molecule has 4 nitrogen and oxygen atoms in total. The molecule has 1 aliphatic rings. The first kappa shape index (κ1) is 20.4. The molecule has 0 unspecified atom stereocenters. The molecule has 152 valence electrons. The average molecular weight is 416 g/mol. The Labute approximate surface area is 182 Å². The molecule has 0 atom stereocenters. The van der Waals surface area contributed by atoms with E-state index in [1.807, 2.05) is 54.8 Å². The highest BCUT2D eigenvalue weighted by Crippen LogP contribution is 2.20. The number of benzene rings is 3. The summed E-state index contributed by atoms with van der Waals surface area (Å²) in [5.41, 5.74) is 8.25. The van der Waals surface area contributed by atoms with Crippen LogP contribution in [-0.4, -0.2) is 29.8 Å². The molecule has 0 aliphatic carbocycles. The Morgan fingerprint density at radius 3 is 2.50 bits per heavy atom. The molecule has 0 fully saturated rings. The lowest BCUT2D eigenvalue weighted by Gasteiger charge is -2.28. The Morgan fingerprint density at radius 2 is 1.77 bits per heavy atom. The van der Waals surface area contributed by atoms with Gasteiger partial charge in [-0.05, 0) is 59.2 Å². The highest BCUT2D eigenvalue weighted by atomic mass is 32.2. The number of rotatable bonds is 6. The molecular weight excluding hydrogens is 390 g/mol. The highest BCUT2D eigenvalue weighted by molar-refractivity contribution is 7.98. The van der Waals surface area contributed by atoms with Crippen LogP contribution < -0.4 is 5.43 Å². The number of carbonyl (C=O) groups excluding carboxylic acids is 1. The molecule has 3 aromatic carbocycles. The first-order valence-electron chi connectivity index (χ1n) is 10.1. The van der Waals surface area contributed by atoms with Crippen molar-refractivity contribution in [2.45, 2.75) is 24.4 Å². The van der Waals surface area contributed by atoms with Gasteiger partial charge in [-0.2, -0.15) is 5.10 Å². The second-order valence-electron chi connectivity index (χ2n) is 7.40. The first-order valence-corrected chi connectivity index (χ1v) is 11.3. The Morgan fingerprint density at radius 1 is 1.03 bits per heavy atom. The predicted octanol–water partition coefficient (Wildman–Crippen LogP) is 4.73. The van der Waals surface area contributed by atoms with Crippen molar-refractivity contribution in [3.8, 4) is 0 Å². The van der Waals surface area contributed by atoms with E-state index in [4.69, 9.17) is 0 Å². The smallest absolute Gasteiger partial charge is 0.271 e. The summed E-state index contributed by atoms with van der Waals surface area (Å²) in [5.74, 6) is -0.203. The maximum absolute atomic E-state index is 12.3. The molecular formula is C25H25N3OS. The summed E-state index contributed by atoms with van der Waals surface area (Å²) in [6, 6.07) is 24.5. The van der Waals surface area contributed by atoms with E-state index in [0.717, 1.165) is 31.6 Å². The number of nitrogens with zero attached hydrogens (tertiary/aromatic N) is 2. The molecule has 1 N–H and O–H groups in total. The molecule has 0 saturated heterocycles. The van der Waals surface area contributed by atoms with E-state index in [9.17, 15) is 4.79 Å². The van der Waals surface area contributed by atoms with E-state index < -0.39 is 0 Å². The summed E-state index contributed by atoms with van der Waals surface area (Å²) in [6.45, 7) is 2.93. The van der Waals surface area contributed by atoms with Crippen molar-refractivity contribution in [3.63, 3.8) is 0 Å². The topological polar surface area (TPSA) is 44.7 Å². The van der Waals surface area contributed by atoms with Gasteiger partial charge < -0.3 is 0 Å². The van der Waals surface area contributed by atoms with Crippen LogP contribution in [0.25, 0.3) is 0 Å². The van der Waals surface area contributed by atoms with Crippen LogP contribution in [0.4, 0.5) is 0 Å². The molecule has 0 spiro atoms. The van der Waals surface area contributed by atoms with Crippen molar-refractivity contribution in [2.24, 2.45) is 5.10 Å². The third-order valence-corrected chi connectivity index (χ3v) is 6.07. The van der Waals surface area contributed by atoms with E-state index in [1.54, 1.807) is 18.0 Å². The van der Waals surface area contributed by atoms with Crippen LogP contribution in [0.1, 0.15) is 32.6 Å². The minimum atomic E-state index is -0.203. The van der Waals surface area contributed by atoms with Crippen LogP contribution in [0, 0.1) is 0 Å². The van der Waals surface area contributed by atoms with Gasteiger partial charge in [-0.3, -0.25) is 9.69 Å². The van der Waals surface area contributed by atoms with Crippen molar-refractivity contribution < 1.29 is 4.79 Å². The van der Waals surface area contributed by atoms with Crippen LogP contribution in [0.2, 0.25) is 0 Å². The number of carbonyl (C=O) groups is 1. The fourth-order valence-corrected chi connectivity index (χ4v) is 4.04. The maximum Gasteiger partial charge on any atom is 0.271 e. The van der Waals surface area contributed by atoms with Gasteiger partial charge in [-0.25, -0.2) is 5.43 Å². The zero-order chi connectivity index (χ0) is 20.8. The summed E-state index contributed by atoms with van der Waals surface area (Å²) in [4.78, 5) is 16.0. The normalized spacial score (nSPS) is 13.9. The summed E-state index contributed by atoms with van der Waals surface area (Å²) in [6.07, 6.45) is 4.79. The number of hydrogen-bond acceptors (Lipinski definition) is 4. The average Bonchev–Trinajstić information content (AvgIpc) is 2.80. The number of hydrazone groups is 1. The molecule has 5 heteroatoms. The first-order chi connectivity index (χ1) is 14.7. The van der Waals surface area contributed by atoms with Crippen LogP contribution >= 0.6 is 11.8 Å². The van der Waals surface area contributed by atoms with Gasteiger partial charge in [-0.1, -0.05) is 48.5 Å². The van der Waals surface area contributed by atoms with Gasteiger partial charge in [0.15, 0.2) is 0 Å². The van der Waals surface area contributed by atoms with Gasteiger partial charge in [-0.15, -0.1) is 11.8 Å². The summed E-state index contributed by atoms with van der Waals surface area (Å²) >= 11 is 1.70. The number of amides is 1. The van der Waals surface area contributed by atoms with Crippen molar-refractivity contribution in [2.75, 3.05) is 12.8 Å². The third kappa shape index (κ3) is 5.17. The Balaban J connectivity index is 1.30. The van der Waals surface area contributed by atoms with Gasteiger partial charge in [0.2, 0.25) is 0 Å². The number of hydrogen-bond donors (Lipinski definition) is 1. The van der Waals surface area contributed by atoms with Gasteiger partial charge >= 0.3 is 0 Å². The van der Waals surface area contributed by atoms with Gasteiger partial charge in [0.1, 0.15) is 0 Å². The molecule has 0 bridgehead atoms. The third-order valence-electron chi connectivity index (χ3n) is 5.33. The molecule has 30 heavy (non-hydrogen) atoms. The quantitative estimate of drug-likeness (QED) is 0.360. The van der Waals surface area contributed by atoms with Crippen LogP contribution in [-0.2, 0) is 19.5 Å². The number of nitrogens with one attached hydrogen (secondary N) is 1. The van der Waals surface area contributed by atoms with Gasteiger partial charge in [0, 0.05) is 30.1 Å². The zero-order valence-corrected chi connectivity index (χ0v) is 17.9. The van der Waals surface area contributed by atoms with Crippen molar-refractivity contribution >= 4 is 23.9 Å². The van der Waals surface area contributed by atoms with Crippen LogP contribution in [0.3, 0.4) is 0 Å². The van der Waals surface area contributed by atoms with E-state index in [1.165, 1.54) is 21.6 Å². The monoisotopic (exact) mass is 415 g/mol. The predicted molar refractivity (Wildman–Crippen MR) is 124 cm³/mol. The fraction of sp³-hybridized carbons (Fsp3) is 0.200. The molecule has 0 radical (unpaired) electrons. The lowest BCUT2D eigenvalue weighted by molar-refractivity contribution is 0.0955. The number of fused-ring (bicyclic) bond motifs is 1. The van der Waals surface area contributed by atoms with Crippen molar-refractivity contribution in [3.05, 3.63) is 101 Å². The highest BCUT2D eigenvalue weighted by Gasteiger charge is 2.15. The second kappa shape index (κ2) is 9.74. The van der Waals surface area contributed by atoms with E-state index in [0.29, 0.717) is 5.56 Å². The molecule has 1 amide bonds. The van der Waals surface area contributed by atoms with E-state index >= 15 is 0 Å². The second-order valence-corrected chi connectivity index (χ2v) is 8.28. The SMILES string of the molecule is CSc1ccc(/C=N/NC(=O)c2ccc(CN3CCc4ccccc4C3)cc2)cc1. The van der Waals surface area contributed by atoms with Crippen molar-refractivity contribution in [1.82, 2.24) is 10.3 Å². The lowest BCUT2D eigenvalue weighted by atomic mass is 9.99. The zero-order valence-electron chi connectivity index (χ0n) is 17.0.